The number of carbonyl (C=O) groups is 5. The fourth-order valence-corrected chi connectivity index (χ4v) is 12.9. The summed E-state index contributed by atoms with van der Waals surface area (Å²) in [6, 6.07) is 49.0. The van der Waals surface area contributed by atoms with Crippen LogP contribution in [-0.2, 0) is 19.0 Å². The van der Waals surface area contributed by atoms with E-state index in [0.29, 0.717) is 65.5 Å². The summed E-state index contributed by atoms with van der Waals surface area (Å²) in [6.45, 7) is 31.0. The van der Waals surface area contributed by atoms with Crippen LogP contribution in [0.4, 0.5) is 22.7 Å². The third-order valence-electron chi connectivity index (χ3n) is 18.2. The molecule has 0 spiro atoms. The predicted molar refractivity (Wildman–Crippen MR) is 465 cm³/mol. The van der Waals surface area contributed by atoms with Gasteiger partial charge in [0.25, 0.3) is 0 Å². The molecule has 2 aliphatic carbocycles. The van der Waals surface area contributed by atoms with Crippen LogP contribution < -0.4 is 51.6 Å². The molecule has 5 N–H and O–H groups in total. The van der Waals surface area contributed by atoms with Gasteiger partial charge in [0, 0.05) is 143 Å². The van der Waals surface area contributed by atoms with Crippen molar-refractivity contribution < 1.29 is 71.2 Å². The number of carbonyl (C=O) groups excluding carboxylic acids is 3. The predicted octanol–water partition coefficient (Wildman–Crippen LogP) is 16.9. The van der Waals surface area contributed by atoms with E-state index in [1.807, 2.05) is 63.1 Å². The zero-order valence-electron chi connectivity index (χ0n) is 66.9. The highest BCUT2D eigenvalue weighted by molar-refractivity contribution is 9.08. The Bertz CT molecular complexity index is 5730. The minimum Gasteiger partial charge on any atom is -0.478 e. The summed E-state index contributed by atoms with van der Waals surface area (Å²) in [5.41, 5.74) is 11.2. The number of esters is 3. The smallest absolute Gasteiger partial charge is 0.351 e. The molecule has 4 heterocycles. The molecule has 26 heteroatoms. The number of aliphatic hydroxyl groups excluding tert-OH is 1. The largest absolute Gasteiger partial charge is 0.478 e. The lowest BCUT2D eigenvalue weighted by molar-refractivity contribution is -0.149. The lowest BCUT2D eigenvalue weighted by Gasteiger charge is -2.22. The molecule has 0 fully saturated rings. The Morgan fingerprint density at radius 3 is 1.25 bits per heavy atom. The minimum atomic E-state index is -0.933. The van der Waals surface area contributed by atoms with E-state index >= 15 is 0 Å². The molecule has 23 nitrogen and oxygen atoms in total. The molecule has 114 heavy (non-hydrogen) atoms. The van der Waals surface area contributed by atoms with Gasteiger partial charge < -0.3 is 67.6 Å². The number of aliphatic hydroxyl groups is 1. The highest BCUT2D eigenvalue weighted by Crippen LogP contribution is 2.44. The van der Waals surface area contributed by atoms with Crippen molar-refractivity contribution in [2.24, 2.45) is 0 Å². The third-order valence-corrected chi connectivity index (χ3v) is 18.4. The fraction of sp³-hybridized carbons (Fsp3) is 0.284. The molecule has 6 aromatic carbocycles. The number of fused-ring (bicyclic) bond motifs is 6. The molecule has 0 atom stereocenters. The topological polar surface area (TPSA) is 297 Å². The standard InChI is InChI=1S/C29H32N2O3.C28H30N2O3.C15H13NO6S.C13H11NO4S.C2H6O.CH3Br/c1-6-30(7-2)20-11-14-23-26(17-20)34-27-18-21(31(8-3)9-4)12-15-24(27)28(23)22-13-10-19(5)16-25(22)29(32)33;1-6-29(5)19-10-13-22-25(16-19)33-26-17-20(30(7-2)8-3)11-14-23(26)27(22)21-12-9-18(4)15-24(21)28(31)32;1-8(23)16-11-4-3-10-5-12(15(19)22-13(10)6-11)14(18)21-7-20-9(2)17;1-7(19)14-9-4-3-8-5-10(12(15)17-2)13(16)18-11(8)6-9;1-2-3;1-2/h10-18H,6-9H2,1-5H3;9-17H,6-8H2,1-5H3;3-6H,7H2,1-2H3,(H,16,23);3-6H,1-2H3,(H,14,19);3H,2H2,1H3;1H3/p+2. The van der Waals surface area contributed by atoms with Crippen molar-refractivity contribution in [3.8, 4) is 44.9 Å². The van der Waals surface area contributed by atoms with Crippen LogP contribution in [-0.4, -0.2) is 134 Å². The number of nitrogens with one attached hydrogen (secondary N) is 2. The van der Waals surface area contributed by atoms with Crippen molar-refractivity contribution in [2.45, 2.75) is 90.0 Å². The zero-order valence-corrected chi connectivity index (χ0v) is 70.1. The van der Waals surface area contributed by atoms with Crippen molar-refractivity contribution >= 4 is 147 Å². The molecule has 598 valence electrons. The van der Waals surface area contributed by atoms with Crippen LogP contribution in [0.1, 0.15) is 129 Å². The zero-order chi connectivity index (χ0) is 83.8. The number of hydrogen-bond acceptors (Lipinski definition) is 19. The Morgan fingerprint density at radius 2 is 0.877 bits per heavy atom. The van der Waals surface area contributed by atoms with Crippen molar-refractivity contribution in [3.05, 3.63) is 223 Å². The minimum absolute atomic E-state index is 0.123. The van der Waals surface area contributed by atoms with E-state index in [9.17, 15) is 43.8 Å². The van der Waals surface area contributed by atoms with E-state index in [2.05, 4.69) is 169 Å². The molecule has 8 aromatic rings. The van der Waals surface area contributed by atoms with E-state index in [1.54, 1.807) is 69.3 Å². The van der Waals surface area contributed by atoms with E-state index in [-0.39, 0.29) is 17.7 Å². The molecule has 0 saturated heterocycles. The summed E-state index contributed by atoms with van der Waals surface area (Å²) in [6.07, 6.45) is 0. The van der Waals surface area contributed by atoms with Gasteiger partial charge in [0.2, 0.25) is 17.5 Å². The van der Waals surface area contributed by atoms with Crippen LogP contribution in [0.3, 0.4) is 0 Å². The molecule has 0 amide bonds. The Morgan fingerprint density at radius 1 is 0.474 bits per heavy atom. The van der Waals surface area contributed by atoms with E-state index in [1.165, 1.54) is 26.2 Å². The van der Waals surface area contributed by atoms with E-state index < -0.39 is 47.9 Å². The van der Waals surface area contributed by atoms with Crippen molar-refractivity contribution in [1.29, 1.82) is 0 Å². The number of nitrogens with zero attached hydrogens (tertiary/aromatic N) is 4. The van der Waals surface area contributed by atoms with Gasteiger partial charge in [-0.15, -0.1) is 0 Å². The lowest BCUT2D eigenvalue weighted by atomic mass is 9.90. The molecule has 0 saturated carbocycles. The second-order valence-corrected chi connectivity index (χ2v) is 26.9. The van der Waals surface area contributed by atoms with Gasteiger partial charge in [-0.1, -0.05) is 75.8 Å². The monoisotopic (exact) mass is 1650 g/mol. The molecular formula is C88H97BrN6O17S2+2. The number of anilines is 4. The number of thiocarbonyl (C=S) groups is 2. The second kappa shape index (κ2) is 42.2. The number of methoxy groups -OCH3 is 1. The van der Waals surface area contributed by atoms with Crippen LogP contribution in [0.25, 0.3) is 88.8 Å². The quantitative estimate of drug-likeness (QED) is 0.00956. The van der Waals surface area contributed by atoms with Gasteiger partial charge in [-0.25, -0.2) is 37.9 Å². The van der Waals surface area contributed by atoms with Crippen LogP contribution in [0.2, 0.25) is 0 Å². The number of aryl methyl sites for hydroxylation is 2. The number of ether oxygens (including phenoxy) is 3. The molecule has 2 aromatic heterocycles. The van der Waals surface area contributed by atoms with Gasteiger partial charge in [0.1, 0.15) is 71.7 Å². The number of alkyl halides is 1. The lowest BCUT2D eigenvalue weighted by Crippen LogP contribution is -2.29. The van der Waals surface area contributed by atoms with E-state index in [0.717, 1.165) is 135 Å². The van der Waals surface area contributed by atoms with Crippen LogP contribution in [0.15, 0.2) is 185 Å². The van der Waals surface area contributed by atoms with Crippen LogP contribution in [0.5, 0.6) is 0 Å². The molecule has 0 radical (unpaired) electrons. The van der Waals surface area contributed by atoms with Gasteiger partial charge >= 0.3 is 41.1 Å². The Kier molecular flexibility index (Phi) is 33.2. The SMILES string of the molecule is CBr.CC(=O)OCOC(=O)c1cc2ccc(NC(C)=S)cc2oc1=O.CCN(CC)c1ccc2c(-c3ccc(C)cc3C(=O)O)c3ccc(=[N+](C)CC)cc-3oc2c1.CCN(CC)c1ccc2c(-c3ccc(C)cc3C(=O)O)c3ccc(=[N+](CC)CC)cc-3oc2c1.CCO.COC(=O)c1cc2ccc(NC(C)=S)cc2oc1=O. The van der Waals surface area contributed by atoms with Crippen molar-refractivity contribution in [2.75, 3.05) is 99.6 Å². The Labute approximate surface area is 680 Å². The number of benzene rings is 8. The Hall–Kier alpha value is -11.7. The molecule has 2 aliphatic heterocycles. The maximum absolute atomic E-state index is 12.2. The number of carboxylic acid groups (broad SMARTS) is 2. The van der Waals surface area contributed by atoms with Crippen LogP contribution in [0, 0.1) is 13.8 Å². The summed E-state index contributed by atoms with van der Waals surface area (Å²) < 4.78 is 41.2. The fourth-order valence-electron chi connectivity index (χ4n) is 12.6. The van der Waals surface area contributed by atoms with Gasteiger partial charge in [-0.05, 0) is 185 Å². The average Bonchev–Trinajstić information content (AvgIpc) is 0.748. The number of hydrogen-bond donors (Lipinski definition) is 5. The molecule has 4 aliphatic rings. The summed E-state index contributed by atoms with van der Waals surface area (Å²) in [4.78, 5) is 87.5. The maximum Gasteiger partial charge on any atom is 0.351 e. The van der Waals surface area contributed by atoms with Gasteiger partial charge in [-0.3, -0.25) is 4.79 Å². The third kappa shape index (κ3) is 22.4. The first-order valence-electron chi connectivity index (χ1n) is 37.0. The summed E-state index contributed by atoms with van der Waals surface area (Å²) >= 11 is 12.8. The summed E-state index contributed by atoms with van der Waals surface area (Å²) in [5.74, 6) is -0.807. The number of halogens is 1. The van der Waals surface area contributed by atoms with Crippen molar-refractivity contribution in [1.82, 2.24) is 9.15 Å². The molecule has 0 unspecified atom stereocenters. The number of carboxylic acids is 2. The van der Waals surface area contributed by atoms with Gasteiger partial charge in [-0.2, -0.15) is 0 Å². The second-order valence-electron chi connectivity index (χ2n) is 25.7. The van der Waals surface area contributed by atoms with Crippen LogP contribution >= 0.6 is 40.4 Å². The first-order valence-corrected chi connectivity index (χ1v) is 39.4. The Balaban J connectivity index is 0.000000211. The first kappa shape index (κ1) is 89.5. The highest BCUT2D eigenvalue weighted by Gasteiger charge is 2.26. The normalized spacial score (nSPS) is 10.9. The molecule has 12 rings (SSSR count). The van der Waals surface area contributed by atoms with Gasteiger partial charge in [0.15, 0.2) is 0 Å². The molecule has 0 bridgehead atoms. The molecular weight excluding hydrogens is 1560 g/mol. The first-order chi connectivity index (χ1) is 54.6. The van der Waals surface area contributed by atoms with Crippen molar-refractivity contribution in [3.63, 3.8) is 0 Å². The average molecular weight is 1650 g/mol. The van der Waals surface area contributed by atoms with Gasteiger partial charge in [0.05, 0.1) is 40.3 Å². The summed E-state index contributed by atoms with van der Waals surface area (Å²) in [5, 5.41) is 38.6. The number of aromatic carboxylic acids is 2. The number of rotatable bonds is 19. The summed E-state index contributed by atoms with van der Waals surface area (Å²) in [7, 11) is 3.26. The highest BCUT2D eigenvalue weighted by atomic mass is 79.9. The van der Waals surface area contributed by atoms with E-state index in [4.69, 9.17) is 47.2 Å². The maximum atomic E-state index is 12.2.